The van der Waals surface area contributed by atoms with Crippen LogP contribution in [0.5, 0.6) is 5.75 Å². The summed E-state index contributed by atoms with van der Waals surface area (Å²) in [7, 11) is 0. The summed E-state index contributed by atoms with van der Waals surface area (Å²) < 4.78 is 41.1. The fourth-order valence-electron chi connectivity index (χ4n) is 2.86. The van der Waals surface area contributed by atoms with Crippen molar-refractivity contribution in [3.63, 3.8) is 0 Å². The van der Waals surface area contributed by atoms with E-state index in [-0.39, 0.29) is 29.2 Å². The highest BCUT2D eigenvalue weighted by molar-refractivity contribution is 7.18. The minimum atomic E-state index is -4.80. The molecule has 0 spiro atoms. The topological polar surface area (TPSA) is 109 Å². The molecule has 2 N–H and O–H groups in total. The third-order valence-electron chi connectivity index (χ3n) is 4.18. The molecule has 0 aliphatic carbocycles. The molecule has 1 aliphatic heterocycles. The Labute approximate surface area is 187 Å². The Kier molecular flexibility index (Phi) is 6.23. The van der Waals surface area contributed by atoms with E-state index in [2.05, 4.69) is 30.6 Å². The van der Waals surface area contributed by atoms with E-state index in [4.69, 9.17) is 0 Å². The number of carbonyl (C=O) groups excluding carboxylic acids is 2. The van der Waals surface area contributed by atoms with Gasteiger partial charge in [-0.1, -0.05) is 23.5 Å². The summed E-state index contributed by atoms with van der Waals surface area (Å²) in [6.45, 7) is 1.19. The third kappa shape index (κ3) is 5.50. The Balaban J connectivity index is 1.37. The number of nitrogens with one attached hydrogen (secondary N) is 2. The molecule has 3 amide bonds. The molecular weight excluding hydrogens is 469 g/mol. The van der Waals surface area contributed by atoms with Crippen molar-refractivity contribution in [2.75, 3.05) is 23.3 Å². The molecule has 3 heterocycles. The minimum Gasteiger partial charge on any atom is -0.406 e. The van der Waals surface area contributed by atoms with Crippen LogP contribution >= 0.6 is 22.7 Å². The van der Waals surface area contributed by atoms with Crippen LogP contribution in [0.4, 0.5) is 28.2 Å². The first kappa shape index (κ1) is 22.0. The highest BCUT2D eigenvalue weighted by Gasteiger charge is 2.31. The van der Waals surface area contributed by atoms with Crippen LogP contribution in [-0.2, 0) is 11.2 Å². The van der Waals surface area contributed by atoms with Crippen molar-refractivity contribution in [3.05, 3.63) is 35.3 Å². The van der Waals surface area contributed by atoms with Gasteiger partial charge < -0.3 is 15.4 Å². The third-order valence-corrected chi connectivity index (χ3v) is 5.98. The molecule has 0 bridgehead atoms. The molecule has 0 saturated carbocycles. The number of ether oxygens (including phenoxy) is 1. The average molecular weight is 484 g/mol. The summed E-state index contributed by atoms with van der Waals surface area (Å²) in [6.07, 6.45) is -4.02. The number of thiazole rings is 1. The first-order valence-electron chi connectivity index (χ1n) is 9.26. The van der Waals surface area contributed by atoms with Gasteiger partial charge in [0.2, 0.25) is 11.0 Å². The molecule has 168 valence electrons. The number of aromatic nitrogens is 3. The quantitative estimate of drug-likeness (QED) is 0.553. The van der Waals surface area contributed by atoms with E-state index < -0.39 is 6.36 Å². The SMILES string of the molecule is O=C(Cc1csc(N2CCCNC2=O)n1)Nc1nnc(-c2cccc(OC(F)(F)F)c2)s1. The summed E-state index contributed by atoms with van der Waals surface area (Å²) in [5, 5.41) is 15.8. The maximum atomic E-state index is 12.4. The summed E-state index contributed by atoms with van der Waals surface area (Å²) in [4.78, 5) is 30.1. The Hall–Kier alpha value is -3.26. The van der Waals surface area contributed by atoms with Gasteiger partial charge in [0.25, 0.3) is 0 Å². The Bertz CT molecular complexity index is 1130. The predicted molar refractivity (Wildman–Crippen MR) is 112 cm³/mol. The van der Waals surface area contributed by atoms with Gasteiger partial charge in [-0.05, 0) is 18.6 Å². The van der Waals surface area contributed by atoms with Crippen molar-refractivity contribution in [2.45, 2.75) is 19.2 Å². The Morgan fingerprint density at radius 1 is 1.31 bits per heavy atom. The van der Waals surface area contributed by atoms with Crippen molar-refractivity contribution >= 4 is 44.9 Å². The highest BCUT2D eigenvalue weighted by atomic mass is 32.1. The standard InChI is InChI=1S/C18H15F3N6O3S2/c19-18(20,21)30-12-4-1-3-10(7-12)14-25-26-15(32-14)24-13(28)8-11-9-31-17(23-11)27-6-2-5-22-16(27)29/h1,3-4,7,9H,2,5-6,8H2,(H,22,29)(H,24,26,28). The number of anilines is 2. The molecule has 1 fully saturated rings. The molecule has 1 saturated heterocycles. The minimum absolute atomic E-state index is 0.0320. The number of benzene rings is 1. The van der Waals surface area contributed by atoms with Gasteiger partial charge >= 0.3 is 12.4 Å². The number of hydrogen-bond donors (Lipinski definition) is 2. The molecule has 1 aromatic carbocycles. The van der Waals surface area contributed by atoms with Crippen molar-refractivity contribution < 1.29 is 27.5 Å². The van der Waals surface area contributed by atoms with Crippen molar-refractivity contribution in [2.24, 2.45) is 0 Å². The number of alkyl halides is 3. The van der Waals surface area contributed by atoms with Crippen LogP contribution in [0.15, 0.2) is 29.6 Å². The number of rotatable bonds is 6. The van der Waals surface area contributed by atoms with Gasteiger partial charge in [-0.2, -0.15) is 0 Å². The van der Waals surface area contributed by atoms with Crippen LogP contribution in [0.3, 0.4) is 0 Å². The molecule has 0 unspecified atom stereocenters. The van der Waals surface area contributed by atoms with E-state index in [0.717, 1.165) is 17.8 Å². The van der Waals surface area contributed by atoms with Gasteiger partial charge in [-0.25, -0.2) is 9.78 Å². The fraction of sp³-hybridized carbons (Fsp3) is 0.278. The summed E-state index contributed by atoms with van der Waals surface area (Å²) in [5.74, 6) is -0.765. The predicted octanol–water partition coefficient (Wildman–Crippen LogP) is 3.66. The maximum Gasteiger partial charge on any atom is 0.573 e. The zero-order chi connectivity index (χ0) is 22.7. The Morgan fingerprint density at radius 2 is 2.16 bits per heavy atom. The van der Waals surface area contributed by atoms with E-state index in [1.807, 2.05) is 0 Å². The molecule has 3 aromatic rings. The lowest BCUT2D eigenvalue weighted by atomic mass is 10.2. The first-order chi connectivity index (χ1) is 15.3. The molecule has 32 heavy (non-hydrogen) atoms. The van der Waals surface area contributed by atoms with Crippen LogP contribution in [-0.4, -0.2) is 46.6 Å². The second-order valence-corrected chi connectivity index (χ2v) is 8.39. The smallest absolute Gasteiger partial charge is 0.406 e. The van der Waals surface area contributed by atoms with Crippen LogP contribution in [0.1, 0.15) is 12.1 Å². The number of hydrogen-bond acceptors (Lipinski definition) is 8. The van der Waals surface area contributed by atoms with E-state index >= 15 is 0 Å². The van der Waals surface area contributed by atoms with Gasteiger partial charge in [0.05, 0.1) is 12.1 Å². The van der Waals surface area contributed by atoms with Crippen molar-refractivity contribution in [1.29, 1.82) is 0 Å². The van der Waals surface area contributed by atoms with Crippen LogP contribution in [0.2, 0.25) is 0 Å². The molecule has 9 nitrogen and oxygen atoms in total. The number of amides is 3. The normalized spacial score (nSPS) is 14.2. The maximum absolute atomic E-state index is 12.4. The summed E-state index contributed by atoms with van der Waals surface area (Å²) in [5.41, 5.74) is 0.872. The lowest BCUT2D eigenvalue weighted by Gasteiger charge is -2.24. The van der Waals surface area contributed by atoms with Crippen molar-refractivity contribution in [3.8, 4) is 16.3 Å². The zero-order valence-corrected chi connectivity index (χ0v) is 17.8. The van der Waals surface area contributed by atoms with Crippen LogP contribution < -0.4 is 20.3 Å². The zero-order valence-electron chi connectivity index (χ0n) is 16.2. The van der Waals surface area contributed by atoms with E-state index in [9.17, 15) is 22.8 Å². The van der Waals surface area contributed by atoms with Gasteiger partial charge in [-0.3, -0.25) is 9.69 Å². The Morgan fingerprint density at radius 3 is 2.94 bits per heavy atom. The monoisotopic (exact) mass is 484 g/mol. The van der Waals surface area contributed by atoms with E-state index in [1.165, 1.54) is 34.4 Å². The molecule has 4 rings (SSSR count). The molecule has 1 aliphatic rings. The van der Waals surface area contributed by atoms with Gasteiger partial charge in [0, 0.05) is 24.0 Å². The second kappa shape index (κ2) is 9.08. The summed E-state index contributed by atoms with van der Waals surface area (Å²) in [6, 6.07) is 5.11. The van der Waals surface area contributed by atoms with E-state index in [0.29, 0.717) is 34.5 Å². The lowest BCUT2D eigenvalue weighted by molar-refractivity contribution is -0.274. The van der Waals surface area contributed by atoms with Gasteiger partial charge in [-0.15, -0.1) is 34.7 Å². The van der Waals surface area contributed by atoms with Crippen LogP contribution in [0.25, 0.3) is 10.6 Å². The summed E-state index contributed by atoms with van der Waals surface area (Å²) >= 11 is 2.28. The number of carbonyl (C=O) groups is 2. The molecular formula is C18H15F3N6O3S2. The number of halogens is 3. The van der Waals surface area contributed by atoms with E-state index in [1.54, 1.807) is 11.4 Å². The highest BCUT2D eigenvalue weighted by Crippen LogP contribution is 2.31. The first-order valence-corrected chi connectivity index (χ1v) is 11.0. The van der Waals surface area contributed by atoms with Crippen LogP contribution in [0, 0.1) is 0 Å². The van der Waals surface area contributed by atoms with Gasteiger partial charge in [0.1, 0.15) is 10.8 Å². The molecule has 0 atom stereocenters. The van der Waals surface area contributed by atoms with Gasteiger partial charge in [0.15, 0.2) is 5.13 Å². The largest absolute Gasteiger partial charge is 0.573 e. The average Bonchev–Trinajstić information content (AvgIpc) is 3.37. The van der Waals surface area contributed by atoms with Crippen molar-refractivity contribution in [1.82, 2.24) is 20.5 Å². The fourth-order valence-corrected chi connectivity index (χ4v) is 4.46. The lowest BCUT2D eigenvalue weighted by Crippen LogP contribution is -2.46. The molecule has 14 heteroatoms. The molecule has 0 radical (unpaired) electrons. The number of nitrogens with zero attached hydrogens (tertiary/aromatic N) is 4. The molecule has 2 aromatic heterocycles. The number of urea groups is 1. The second-order valence-electron chi connectivity index (χ2n) is 6.57.